The molecule has 2 aromatic rings. The van der Waals surface area contributed by atoms with Crippen LogP contribution in [0.25, 0.3) is 11.6 Å². The minimum Gasteiger partial charge on any atom is -0.504 e. The zero-order chi connectivity index (χ0) is 20.5. The Morgan fingerprint density at radius 2 is 2.20 bits per heavy atom. The number of aliphatic imine (C=N–C) groups is 1. The Morgan fingerprint density at radius 3 is 3.00 bits per heavy atom. The van der Waals surface area contributed by atoms with Crippen LogP contribution in [0.1, 0.15) is 24.2 Å². The summed E-state index contributed by atoms with van der Waals surface area (Å²) in [6.07, 6.45) is 7.68. The number of hydrazine groups is 1. The molecule has 2 N–H and O–H groups in total. The third kappa shape index (κ3) is 4.01. The predicted molar refractivity (Wildman–Crippen MR) is 117 cm³/mol. The molecule has 5 rings (SSSR count). The lowest BCUT2D eigenvalue weighted by Crippen LogP contribution is -2.42. The summed E-state index contributed by atoms with van der Waals surface area (Å²) in [6, 6.07) is 3.82. The van der Waals surface area contributed by atoms with E-state index in [-0.39, 0.29) is 12.7 Å². The molecule has 0 amide bonds. The van der Waals surface area contributed by atoms with Crippen LogP contribution in [0.2, 0.25) is 6.82 Å². The van der Waals surface area contributed by atoms with Gasteiger partial charge in [0.1, 0.15) is 0 Å². The van der Waals surface area contributed by atoms with Gasteiger partial charge in [0.05, 0.1) is 18.7 Å². The predicted octanol–water partition coefficient (Wildman–Crippen LogP) is 2.55. The summed E-state index contributed by atoms with van der Waals surface area (Å²) in [5.41, 5.74) is 5.70. The first-order chi connectivity index (χ1) is 14.7. The zero-order valence-corrected chi connectivity index (χ0v) is 17.0. The summed E-state index contributed by atoms with van der Waals surface area (Å²) in [5.74, 6) is 2.28. The Morgan fingerprint density at radius 1 is 1.37 bits per heavy atom. The van der Waals surface area contributed by atoms with Crippen LogP contribution in [0.3, 0.4) is 0 Å². The van der Waals surface area contributed by atoms with Gasteiger partial charge in [-0.3, -0.25) is 5.43 Å². The number of hydrogen-bond donors (Lipinski definition) is 2. The van der Waals surface area contributed by atoms with E-state index in [4.69, 9.17) is 13.8 Å². The van der Waals surface area contributed by atoms with Crippen LogP contribution in [-0.4, -0.2) is 61.1 Å². The number of furan rings is 1. The van der Waals surface area contributed by atoms with Gasteiger partial charge in [-0.1, -0.05) is 6.82 Å². The van der Waals surface area contributed by atoms with Gasteiger partial charge in [0.2, 0.25) is 5.88 Å². The molecule has 9 heteroatoms. The maximum absolute atomic E-state index is 11.0. The Bertz CT molecular complexity index is 979. The molecule has 156 valence electrons. The van der Waals surface area contributed by atoms with Crippen LogP contribution in [-0.2, 0) is 9.39 Å². The Labute approximate surface area is 175 Å². The summed E-state index contributed by atoms with van der Waals surface area (Å²) in [7, 11) is 0. The van der Waals surface area contributed by atoms with Crippen LogP contribution in [0.4, 0.5) is 11.7 Å². The third-order valence-corrected chi connectivity index (χ3v) is 5.61. The highest BCUT2D eigenvalue weighted by Crippen LogP contribution is 2.34. The number of rotatable bonds is 7. The molecule has 1 aliphatic carbocycles. The maximum atomic E-state index is 11.0. The quantitative estimate of drug-likeness (QED) is 0.681. The molecule has 3 aliphatic rings. The number of ether oxygens (including phenoxy) is 1. The van der Waals surface area contributed by atoms with Crippen molar-refractivity contribution in [2.75, 3.05) is 38.3 Å². The van der Waals surface area contributed by atoms with Crippen LogP contribution >= 0.6 is 0 Å². The molecule has 8 nitrogen and oxygen atoms in total. The van der Waals surface area contributed by atoms with E-state index in [0.29, 0.717) is 48.7 Å². The van der Waals surface area contributed by atoms with E-state index in [0.717, 1.165) is 24.2 Å². The van der Waals surface area contributed by atoms with Crippen molar-refractivity contribution >= 4 is 41.9 Å². The second kappa shape index (κ2) is 8.25. The summed E-state index contributed by atoms with van der Waals surface area (Å²) >= 11 is 0. The van der Waals surface area contributed by atoms with E-state index in [2.05, 4.69) is 15.4 Å². The number of morpholine rings is 1. The molecule has 2 aromatic heterocycles. The third-order valence-electron chi connectivity index (χ3n) is 5.61. The van der Waals surface area contributed by atoms with Gasteiger partial charge in [-0.25, -0.2) is 15.0 Å². The van der Waals surface area contributed by atoms with Gasteiger partial charge in [0.15, 0.2) is 17.3 Å². The highest BCUT2D eigenvalue weighted by Gasteiger charge is 2.31. The first-order valence-electron chi connectivity index (χ1n) is 10.5. The number of pyridine rings is 1. The van der Waals surface area contributed by atoms with Crippen molar-refractivity contribution in [2.24, 2.45) is 10.9 Å². The topological polar surface area (TPSA) is 92.4 Å². The molecule has 30 heavy (non-hydrogen) atoms. The minimum absolute atomic E-state index is 0.0901. The first-order valence-corrected chi connectivity index (χ1v) is 10.5. The molecule has 1 saturated heterocycles. The summed E-state index contributed by atoms with van der Waals surface area (Å²) in [4.78, 5) is 8.60. The molecular formula is C21H25BN4O4. The number of aromatic nitrogens is 1. The molecule has 1 saturated carbocycles. The van der Waals surface area contributed by atoms with Crippen molar-refractivity contribution in [3.8, 4) is 5.75 Å². The molecule has 4 heterocycles. The Kier molecular flexibility index (Phi) is 5.33. The van der Waals surface area contributed by atoms with Gasteiger partial charge in [-0.05, 0) is 37.0 Å². The smallest absolute Gasteiger partial charge is 0.333 e. The Balaban J connectivity index is 1.46. The van der Waals surface area contributed by atoms with Gasteiger partial charge in [-0.15, -0.1) is 0 Å². The molecule has 2 fully saturated rings. The van der Waals surface area contributed by atoms with E-state index in [1.807, 2.05) is 24.0 Å². The number of aromatic hydroxyl groups is 1. The van der Waals surface area contributed by atoms with Crippen LogP contribution in [0, 0.1) is 5.92 Å². The number of anilines is 1. The second-order valence-electron chi connectivity index (χ2n) is 7.92. The van der Waals surface area contributed by atoms with Crippen molar-refractivity contribution in [1.82, 2.24) is 9.99 Å². The number of nitrogens with one attached hydrogen (secondary N) is 1. The fourth-order valence-corrected chi connectivity index (χ4v) is 3.66. The summed E-state index contributed by atoms with van der Waals surface area (Å²) in [6.45, 7) is 5.13. The van der Waals surface area contributed by atoms with Crippen molar-refractivity contribution < 1.29 is 18.9 Å². The van der Waals surface area contributed by atoms with Crippen molar-refractivity contribution in [3.63, 3.8) is 0 Å². The standard InChI is InChI=1S/C21H25BN4O4/c1-22(29-13-14-4-5-14)18-19(27)17(30-21(18)25-26-7-9-28-10-8-26)11-15-12-24-20-16(15)3-2-6-23-20/h2-3,6,11-12,14,25,27H,4-5,7-10,13H2,1H3. The van der Waals surface area contributed by atoms with E-state index in [9.17, 15) is 5.11 Å². The fourth-order valence-electron chi connectivity index (χ4n) is 3.66. The molecule has 0 spiro atoms. The molecule has 0 unspecified atom stereocenters. The highest BCUT2D eigenvalue weighted by atomic mass is 16.5. The van der Waals surface area contributed by atoms with Crippen molar-refractivity contribution in [2.45, 2.75) is 19.7 Å². The fraction of sp³-hybridized carbons (Fsp3) is 0.429. The number of nitrogens with zero attached hydrogens (tertiary/aromatic N) is 3. The van der Waals surface area contributed by atoms with Gasteiger partial charge < -0.3 is 18.9 Å². The lowest BCUT2D eigenvalue weighted by atomic mass is 9.63. The lowest BCUT2D eigenvalue weighted by molar-refractivity contribution is 0.0486. The van der Waals surface area contributed by atoms with Crippen LogP contribution < -0.4 is 10.9 Å². The van der Waals surface area contributed by atoms with E-state index in [1.165, 1.54) is 12.8 Å². The van der Waals surface area contributed by atoms with Gasteiger partial charge >= 0.3 is 6.92 Å². The number of hydrogen-bond acceptors (Lipinski definition) is 8. The number of allylic oxidation sites excluding steroid dienone is 1. The second-order valence-corrected chi connectivity index (χ2v) is 7.92. The normalized spacial score (nSPS) is 20.0. The van der Waals surface area contributed by atoms with E-state index in [1.54, 1.807) is 18.5 Å². The largest absolute Gasteiger partial charge is 0.504 e. The monoisotopic (exact) mass is 408 g/mol. The SMILES string of the molecule is CB(OCC1CC1)c1c(NN2CCOCC2)oc(C=C2C=Nc3ncccc32)c1O. The van der Waals surface area contributed by atoms with Crippen molar-refractivity contribution in [1.29, 1.82) is 0 Å². The average molecular weight is 408 g/mol. The molecule has 0 bridgehead atoms. The summed E-state index contributed by atoms with van der Waals surface area (Å²) in [5, 5.41) is 13.1. The van der Waals surface area contributed by atoms with Gasteiger partial charge in [-0.2, -0.15) is 0 Å². The summed E-state index contributed by atoms with van der Waals surface area (Å²) < 4.78 is 17.6. The van der Waals surface area contributed by atoms with E-state index < -0.39 is 0 Å². The highest BCUT2D eigenvalue weighted by molar-refractivity contribution is 6.68. The van der Waals surface area contributed by atoms with E-state index >= 15 is 0 Å². The lowest BCUT2D eigenvalue weighted by Gasteiger charge is -2.27. The van der Waals surface area contributed by atoms with Crippen molar-refractivity contribution in [3.05, 3.63) is 29.7 Å². The number of fused-ring (bicyclic) bond motifs is 1. The minimum atomic E-state index is -0.295. The molecule has 0 atom stereocenters. The molecular weight excluding hydrogens is 383 g/mol. The maximum Gasteiger partial charge on any atom is 0.333 e. The molecule has 2 aliphatic heterocycles. The Hall–Kier alpha value is -2.62. The van der Waals surface area contributed by atoms with Crippen LogP contribution in [0.15, 0.2) is 27.7 Å². The zero-order valence-electron chi connectivity index (χ0n) is 17.0. The first kappa shape index (κ1) is 19.4. The average Bonchev–Trinajstić information content (AvgIpc) is 3.44. The molecule has 0 radical (unpaired) electrons. The van der Waals surface area contributed by atoms with Gasteiger partial charge in [0.25, 0.3) is 0 Å². The molecule has 0 aromatic carbocycles. The van der Waals surface area contributed by atoms with Crippen LogP contribution in [0.5, 0.6) is 5.75 Å². The van der Waals surface area contributed by atoms with Gasteiger partial charge in [0, 0.05) is 43.2 Å².